The maximum absolute atomic E-state index is 11.8. The average molecular weight is 251 g/mol. The van der Waals surface area contributed by atoms with Gasteiger partial charge < -0.3 is 5.32 Å². The first kappa shape index (κ1) is 11.7. The van der Waals surface area contributed by atoms with E-state index in [0.29, 0.717) is 17.3 Å². The molecule has 1 aliphatic rings. The van der Waals surface area contributed by atoms with Crippen molar-refractivity contribution in [2.75, 3.05) is 11.9 Å². The Kier molecular flexibility index (Phi) is 3.15. The molecule has 1 aliphatic heterocycles. The van der Waals surface area contributed by atoms with Gasteiger partial charge >= 0.3 is 0 Å². The normalized spacial score (nSPS) is 15.2. The van der Waals surface area contributed by atoms with Gasteiger partial charge in [-0.1, -0.05) is 23.7 Å². The van der Waals surface area contributed by atoms with E-state index in [9.17, 15) is 9.59 Å². The van der Waals surface area contributed by atoms with E-state index < -0.39 is 0 Å². The summed E-state index contributed by atoms with van der Waals surface area (Å²) >= 11 is 5.96. The number of imide groups is 1. The molecule has 2 amide bonds. The molecule has 0 bridgehead atoms. The quantitative estimate of drug-likeness (QED) is 0.835. The zero-order valence-electron chi connectivity index (χ0n) is 9.24. The summed E-state index contributed by atoms with van der Waals surface area (Å²) in [5, 5.41) is 3.37. The summed E-state index contributed by atoms with van der Waals surface area (Å²) in [5.74, 6) is -0.621. The van der Waals surface area contributed by atoms with Gasteiger partial charge in [-0.05, 0) is 19.1 Å². The molecule has 0 saturated heterocycles. The van der Waals surface area contributed by atoms with E-state index in [0.717, 1.165) is 0 Å². The lowest BCUT2D eigenvalue weighted by Crippen LogP contribution is -2.31. The smallest absolute Gasteiger partial charge is 0.277 e. The molecule has 4 nitrogen and oxygen atoms in total. The number of halogens is 1. The number of hydrogen-bond acceptors (Lipinski definition) is 3. The third-order valence-corrected chi connectivity index (χ3v) is 2.80. The fraction of sp³-hybridized carbons (Fsp3) is 0.167. The number of anilines is 1. The number of para-hydroxylation sites is 1. The zero-order valence-corrected chi connectivity index (χ0v) is 9.99. The molecular formula is C12H11ClN2O2. The molecule has 0 fully saturated rings. The molecule has 0 aromatic heterocycles. The third-order valence-electron chi connectivity index (χ3n) is 2.47. The number of nitrogens with one attached hydrogen (secondary N) is 1. The topological polar surface area (TPSA) is 49.4 Å². The van der Waals surface area contributed by atoms with Crippen molar-refractivity contribution in [1.29, 1.82) is 0 Å². The Labute approximate surface area is 104 Å². The zero-order chi connectivity index (χ0) is 12.4. The van der Waals surface area contributed by atoms with Crippen molar-refractivity contribution in [2.45, 2.75) is 6.92 Å². The number of amides is 2. The summed E-state index contributed by atoms with van der Waals surface area (Å²) in [6.07, 6.45) is 1.29. The number of hydrogen-bond donors (Lipinski definition) is 1. The standard InChI is InChI=1S/C12H11ClN2O2/c1-2-15-11(16)7-10(12(15)17)14-9-6-4-3-5-8(9)13/h3-7,14H,2H2,1H3. The summed E-state index contributed by atoms with van der Waals surface area (Å²) in [6, 6.07) is 7.05. The minimum absolute atomic E-state index is 0.255. The molecule has 1 aromatic rings. The number of carbonyl (C=O) groups is 2. The number of carbonyl (C=O) groups excluding carboxylic acids is 2. The van der Waals surface area contributed by atoms with Crippen LogP contribution in [0.5, 0.6) is 0 Å². The molecule has 1 N–H and O–H groups in total. The Hall–Kier alpha value is -1.81. The van der Waals surface area contributed by atoms with Gasteiger partial charge in [-0.2, -0.15) is 0 Å². The first-order valence-corrected chi connectivity index (χ1v) is 5.60. The summed E-state index contributed by atoms with van der Waals surface area (Å²) < 4.78 is 0. The highest BCUT2D eigenvalue weighted by molar-refractivity contribution is 6.33. The Morgan fingerprint density at radius 1 is 1.29 bits per heavy atom. The second-order valence-corrected chi connectivity index (χ2v) is 3.96. The molecule has 1 heterocycles. The monoisotopic (exact) mass is 250 g/mol. The van der Waals surface area contributed by atoms with E-state index in [-0.39, 0.29) is 17.5 Å². The lowest BCUT2D eigenvalue weighted by molar-refractivity contribution is -0.136. The van der Waals surface area contributed by atoms with Crippen LogP contribution in [0.3, 0.4) is 0 Å². The molecule has 0 spiro atoms. The van der Waals surface area contributed by atoms with Crippen LogP contribution in [0.4, 0.5) is 5.69 Å². The van der Waals surface area contributed by atoms with Crippen molar-refractivity contribution in [3.8, 4) is 0 Å². The highest BCUT2D eigenvalue weighted by Gasteiger charge is 2.29. The van der Waals surface area contributed by atoms with Gasteiger partial charge in [0.2, 0.25) is 0 Å². The van der Waals surface area contributed by atoms with Crippen LogP contribution in [0.1, 0.15) is 6.92 Å². The maximum atomic E-state index is 11.8. The Morgan fingerprint density at radius 3 is 2.59 bits per heavy atom. The molecule has 5 heteroatoms. The summed E-state index contributed by atoms with van der Waals surface area (Å²) in [6.45, 7) is 2.12. The van der Waals surface area contributed by atoms with Crippen LogP contribution in [-0.2, 0) is 9.59 Å². The van der Waals surface area contributed by atoms with Gasteiger partial charge in [0, 0.05) is 12.6 Å². The lowest BCUT2D eigenvalue weighted by Gasteiger charge is -2.12. The van der Waals surface area contributed by atoms with Crippen LogP contribution in [0, 0.1) is 0 Å². The molecule has 0 unspecified atom stereocenters. The second-order valence-electron chi connectivity index (χ2n) is 3.55. The summed E-state index contributed by atoms with van der Waals surface area (Å²) in [5.41, 5.74) is 0.865. The Balaban J connectivity index is 2.22. The first-order chi connectivity index (χ1) is 8.13. The van der Waals surface area contributed by atoms with Crippen molar-refractivity contribution in [3.05, 3.63) is 41.1 Å². The molecular weight excluding hydrogens is 240 g/mol. The van der Waals surface area contributed by atoms with Crippen molar-refractivity contribution >= 4 is 29.1 Å². The predicted octanol–water partition coefficient (Wildman–Crippen LogP) is 2.02. The molecule has 0 atom stereocenters. The minimum atomic E-state index is -0.322. The number of likely N-dealkylation sites (N-methyl/N-ethyl adjacent to an activating group) is 1. The molecule has 0 radical (unpaired) electrons. The third kappa shape index (κ3) is 2.17. The highest BCUT2D eigenvalue weighted by atomic mass is 35.5. The second kappa shape index (κ2) is 4.59. The SMILES string of the molecule is CCN1C(=O)C=C(Nc2ccccc2Cl)C1=O. The predicted molar refractivity (Wildman–Crippen MR) is 65.6 cm³/mol. The van der Waals surface area contributed by atoms with E-state index in [1.807, 2.05) is 0 Å². The van der Waals surface area contributed by atoms with Crippen LogP contribution in [-0.4, -0.2) is 23.3 Å². The van der Waals surface area contributed by atoms with Crippen molar-refractivity contribution in [2.24, 2.45) is 0 Å². The maximum Gasteiger partial charge on any atom is 0.277 e. The summed E-state index contributed by atoms with van der Waals surface area (Å²) in [4.78, 5) is 24.4. The van der Waals surface area contributed by atoms with Gasteiger partial charge in [-0.15, -0.1) is 0 Å². The van der Waals surface area contributed by atoms with Crippen molar-refractivity contribution in [3.63, 3.8) is 0 Å². The van der Waals surface area contributed by atoms with Crippen molar-refractivity contribution in [1.82, 2.24) is 4.90 Å². The number of nitrogens with zero attached hydrogens (tertiary/aromatic N) is 1. The molecule has 2 rings (SSSR count). The van der Waals surface area contributed by atoms with Gasteiger partial charge in [-0.3, -0.25) is 14.5 Å². The Bertz CT molecular complexity index is 511. The van der Waals surface area contributed by atoms with Crippen LogP contribution < -0.4 is 5.32 Å². The van der Waals surface area contributed by atoms with E-state index in [2.05, 4.69) is 5.32 Å². The fourth-order valence-electron chi connectivity index (χ4n) is 1.61. The fourth-order valence-corrected chi connectivity index (χ4v) is 1.79. The molecule has 0 aliphatic carbocycles. The largest absolute Gasteiger partial charge is 0.350 e. The molecule has 17 heavy (non-hydrogen) atoms. The van der Waals surface area contributed by atoms with Crippen LogP contribution in [0.15, 0.2) is 36.0 Å². The minimum Gasteiger partial charge on any atom is -0.350 e. The van der Waals surface area contributed by atoms with Gasteiger partial charge in [0.1, 0.15) is 5.70 Å². The first-order valence-electron chi connectivity index (χ1n) is 5.22. The van der Waals surface area contributed by atoms with Gasteiger partial charge in [-0.25, -0.2) is 0 Å². The molecule has 88 valence electrons. The van der Waals surface area contributed by atoms with E-state index in [1.54, 1.807) is 31.2 Å². The van der Waals surface area contributed by atoms with Gasteiger partial charge in [0.05, 0.1) is 10.7 Å². The van der Waals surface area contributed by atoms with Crippen LogP contribution >= 0.6 is 11.6 Å². The average Bonchev–Trinajstić information content (AvgIpc) is 2.57. The van der Waals surface area contributed by atoms with Crippen molar-refractivity contribution < 1.29 is 9.59 Å². The molecule has 0 saturated carbocycles. The molecule has 1 aromatic carbocycles. The Morgan fingerprint density at radius 2 is 2.00 bits per heavy atom. The van der Waals surface area contributed by atoms with E-state index in [4.69, 9.17) is 11.6 Å². The van der Waals surface area contributed by atoms with Crippen LogP contribution in [0.25, 0.3) is 0 Å². The number of rotatable bonds is 3. The van der Waals surface area contributed by atoms with E-state index >= 15 is 0 Å². The van der Waals surface area contributed by atoms with Gasteiger partial charge in [0.25, 0.3) is 11.8 Å². The summed E-state index contributed by atoms with van der Waals surface area (Å²) in [7, 11) is 0. The lowest BCUT2D eigenvalue weighted by atomic mass is 10.3. The van der Waals surface area contributed by atoms with Crippen LogP contribution in [0.2, 0.25) is 5.02 Å². The highest BCUT2D eigenvalue weighted by Crippen LogP contribution is 2.24. The van der Waals surface area contributed by atoms with Gasteiger partial charge in [0.15, 0.2) is 0 Å². The number of benzene rings is 1. The van der Waals surface area contributed by atoms with E-state index in [1.165, 1.54) is 11.0 Å².